The largest absolute Gasteiger partial charge is 0.457 e. The minimum absolute atomic E-state index is 0.227. The maximum Gasteiger partial charge on any atom is 0.332 e. The molecule has 44 heavy (non-hydrogen) atoms. The fraction of sp³-hybridized carbons (Fsp3) is 0.212. The van der Waals surface area contributed by atoms with Crippen LogP contribution < -0.4 is 20.3 Å². The molecule has 7 rings (SSSR count). The number of likely N-dealkylation sites (tertiary alicyclic amines) is 1. The molecule has 4 heterocycles. The fourth-order valence-electron chi connectivity index (χ4n) is 5.74. The predicted octanol–water partition coefficient (Wildman–Crippen LogP) is 6.62. The molecule has 222 valence electrons. The standard InChI is InChI=1S/C33H30N6O4S/c40-19-22-5-4-16-38(18-22)17-21-8-10-23(11-9-21)36-31(41)29-28-27-30(34-20-35-32(27)44-29)39(33(42)37-28)24-12-14-26(15-13-24)43-25-6-2-1-3-7-25/h1-3,6-15,20,22,40H,4-5,16-19H2,(H,36,41)(H,37,42). The van der Waals surface area contributed by atoms with Gasteiger partial charge in [-0.2, -0.15) is 0 Å². The number of carbonyl (C=O) groups is 2. The number of hydrogen-bond donors (Lipinski definition) is 3. The molecule has 1 atom stereocenters. The molecule has 3 aromatic carbocycles. The fourth-order valence-corrected chi connectivity index (χ4v) is 6.72. The Balaban J connectivity index is 1.09. The molecule has 5 aromatic rings. The maximum absolute atomic E-state index is 13.5. The van der Waals surface area contributed by atoms with Crippen molar-refractivity contribution in [3.8, 4) is 11.5 Å². The monoisotopic (exact) mass is 606 g/mol. The molecule has 2 aliphatic heterocycles. The lowest BCUT2D eigenvalue weighted by Crippen LogP contribution is -2.36. The van der Waals surface area contributed by atoms with Gasteiger partial charge >= 0.3 is 6.03 Å². The molecule has 2 aromatic heterocycles. The summed E-state index contributed by atoms with van der Waals surface area (Å²) in [7, 11) is 0. The molecule has 1 fully saturated rings. The maximum atomic E-state index is 13.5. The zero-order chi connectivity index (χ0) is 30.0. The number of aliphatic hydroxyl groups excluding tert-OH is 1. The van der Waals surface area contributed by atoms with Crippen LogP contribution in [0.3, 0.4) is 0 Å². The number of urea groups is 1. The minimum atomic E-state index is -0.424. The highest BCUT2D eigenvalue weighted by molar-refractivity contribution is 7.21. The highest BCUT2D eigenvalue weighted by Crippen LogP contribution is 2.45. The normalized spacial score (nSPS) is 16.5. The van der Waals surface area contributed by atoms with Crippen molar-refractivity contribution >= 4 is 56.4 Å². The summed E-state index contributed by atoms with van der Waals surface area (Å²) in [5.74, 6) is 1.76. The number of carbonyl (C=O) groups excluding carboxylic acids is 2. The number of nitrogens with one attached hydrogen (secondary N) is 2. The number of piperidine rings is 1. The average molecular weight is 607 g/mol. The van der Waals surface area contributed by atoms with E-state index in [1.165, 1.54) is 22.6 Å². The number of aromatic nitrogens is 2. The second kappa shape index (κ2) is 12.0. The second-order valence-electron chi connectivity index (χ2n) is 10.9. The van der Waals surface area contributed by atoms with E-state index in [1.807, 2.05) is 54.6 Å². The molecule has 3 N–H and O–H groups in total. The number of ether oxygens (including phenoxy) is 1. The molecule has 10 nitrogen and oxygen atoms in total. The van der Waals surface area contributed by atoms with Crippen molar-refractivity contribution in [1.82, 2.24) is 14.9 Å². The summed E-state index contributed by atoms with van der Waals surface area (Å²) in [6.45, 7) is 2.94. The predicted molar refractivity (Wildman–Crippen MR) is 171 cm³/mol. The number of hydrogen-bond acceptors (Lipinski definition) is 8. The summed E-state index contributed by atoms with van der Waals surface area (Å²) in [5.41, 5.74) is 2.81. The van der Waals surface area contributed by atoms with Crippen molar-refractivity contribution in [3.63, 3.8) is 0 Å². The van der Waals surface area contributed by atoms with Crippen molar-refractivity contribution < 1.29 is 19.4 Å². The van der Waals surface area contributed by atoms with E-state index in [9.17, 15) is 14.7 Å². The van der Waals surface area contributed by atoms with Crippen LogP contribution in [-0.4, -0.2) is 51.6 Å². The Morgan fingerprint density at radius 3 is 2.57 bits per heavy atom. The Morgan fingerprint density at radius 2 is 1.80 bits per heavy atom. The molecule has 1 saturated heterocycles. The lowest BCUT2D eigenvalue weighted by molar-refractivity contribution is 0.103. The van der Waals surface area contributed by atoms with E-state index in [1.54, 1.807) is 24.3 Å². The van der Waals surface area contributed by atoms with Crippen molar-refractivity contribution in [2.24, 2.45) is 5.92 Å². The van der Waals surface area contributed by atoms with Gasteiger partial charge in [0.05, 0.1) is 16.8 Å². The van der Waals surface area contributed by atoms with Gasteiger partial charge in [0.25, 0.3) is 5.91 Å². The molecule has 0 bridgehead atoms. The van der Waals surface area contributed by atoms with Crippen LogP contribution >= 0.6 is 11.3 Å². The van der Waals surface area contributed by atoms with E-state index in [4.69, 9.17) is 4.74 Å². The summed E-state index contributed by atoms with van der Waals surface area (Å²) >= 11 is 1.21. The van der Waals surface area contributed by atoms with Crippen molar-refractivity contribution in [1.29, 1.82) is 0 Å². The van der Waals surface area contributed by atoms with Crippen LogP contribution in [0, 0.1) is 5.92 Å². The zero-order valence-electron chi connectivity index (χ0n) is 23.8. The minimum Gasteiger partial charge on any atom is -0.457 e. The van der Waals surface area contributed by atoms with Gasteiger partial charge < -0.3 is 20.5 Å². The van der Waals surface area contributed by atoms with Crippen LogP contribution in [0.5, 0.6) is 11.5 Å². The Hall–Kier alpha value is -4.84. The van der Waals surface area contributed by atoms with Crippen molar-refractivity contribution in [3.05, 3.63) is 95.6 Å². The van der Waals surface area contributed by atoms with Gasteiger partial charge in [0.2, 0.25) is 0 Å². The number of nitrogens with zero attached hydrogens (tertiary/aromatic N) is 4. The first-order valence-electron chi connectivity index (χ1n) is 14.5. The average Bonchev–Trinajstić information content (AvgIpc) is 3.43. The van der Waals surface area contributed by atoms with E-state index in [2.05, 4.69) is 25.5 Å². The van der Waals surface area contributed by atoms with Crippen LogP contribution in [0.2, 0.25) is 0 Å². The van der Waals surface area contributed by atoms with Crippen LogP contribution in [0.15, 0.2) is 85.2 Å². The van der Waals surface area contributed by atoms with Crippen LogP contribution in [-0.2, 0) is 6.54 Å². The third kappa shape index (κ3) is 5.60. The molecular formula is C33H30N6O4S. The highest BCUT2D eigenvalue weighted by atomic mass is 32.1. The van der Waals surface area contributed by atoms with Crippen LogP contribution in [0.25, 0.3) is 10.2 Å². The summed E-state index contributed by atoms with van der Waals surface area (Å²) in [4.78, 5) is 40.5. The molecule has 1 unspecified atom stereocenters. The lowest BCUT2D eigenvalue weighted by Gasteiger charge is -2.31. The van der Waals surface area contributed by atoms with Gasteiger partial charge in [-0.05, 0) is 79.4 Å². The van der Waals surface area contributed by atoms with Crippen LogP contribution in [0.4, 0.5) is 27.7 Å². The SMILES string of the molecule is O=C(Nc1ccc(CN2CCCC(CO)C2)cc1)c1sc2ncnc3c2c1NC(=O)N3c1ccc(Oc2ccccc2)cc1. The number of para-hydroxylation sites is 1. The Labute approximate surface area is 257 Å². The Kier molecular flexibility index (Phi) is 7.65. The molecule has 0 saturated carbocycles. The Morgan fingerprint density at radius 1 is 1.02 bits per heavy atom. The number of aliphatic hydroxyl groups is 1. The first kappa shape index (κ1) is 28.0. The number of thiophene rings is 1. The lowest BCUT2D eigenvalue weighted by atomic mass is 9.98. The highest BCUT2D eigenvalue weighted by Gasteiger charge is 2.34. The molecule has 0 spiro atoms. The van der Waals surface area contributed by atoms with E-state index in [0.717, 1.165) is 38.0 Å². The summed E-state index contributed by atoms with van der Waals surface area (Å²) in [6.07, 6.45) is 3.57. The third-order valence-corrected chi connectivity index (χ3v) is 8.97. The van der Waals surface area contributed by atoms with Crippen LogP contribution in [0.1, 0.15) is 28.1 Å². The summed E-state index contributed by atoms with van der Waals surface area (Å²) < 4.78 is 5.89. The third-order valence-electron chi connectivity index (χ3n) is 7.87. The second-order valence-corrected chi connectivity index (χ2v) is 11.9. The molecule has 11 heteroatoms. The van der Waals surface area contributed by atoms with Gasteiger partial charge in [-0.1, -0.05) is 30.3 Å². The van der Waals surface area contributed by atoms with Crippen molar-refractivity contribution in [2.75, 3.05) is 35.2 Å². The van der Waals surface area contributed by atoms with E-state index < -0.39 is 6.03 Å². The van der Waals surface area contributed by atoms with Gasteiger partial charge in [0.1, 0.15) is 27.5 Å². The zero-order valence-corrected chi connectivity index (χ0v) is 24.6. The molecule has 2 aliphatic rings. The van der Waals surface area contributed by atoms with Gasteiger partial charge in [-0.15, -0.1) is 11.3 Å². The van der Waals surface area contributed by atoms with Gasteiger partial charge in [-0.3, -0.25) is 9.69 Å². The Bertz CT molecular complexity index is 1810. The molecule has 3 amide bonds. The number of anilines is 4. The quantitative estimate of drug-likeness (QED) is 0.182. The number of rotatable bonds is 8. The smallest absolute Gasteiger partial charge is 0.332 e. The van der Waals surface area contributed by atoms with E-state index >= 15 is 0 Å². The number of benzene rings is 3. The topological polar surface area (TPSA) is 120 Å². The van der Waals surface area contributed by atoms with Gasteiger partial charge in [0.15, 0.2) is 5.82 Å². The molecule has 0 aliphatic carbocycles. The molecule has 0 radical (unpaired) electrons. The summed E-state index contributed by atoms with van der Waals surface area (Å²) in [6, 6.07) is 24.0. The van der Waals surface area contributed by atoms with Gasteiger partial charge in [0, 0.05) is 25.4 Å². The van der Waals surface area contributed by atoms with E-state index in [0.29, 0.717) is 55.4 Å². The first-order valence-corrected chi connectivity index (χ1v) is 15.3. The first-order chi connectivity index (χ1) is 21.6. The van der Waals surface area contributed by atoms with E-state index in [-0.39, 0.29) is 12.5 Å². The summed E-state index contributed by atoms with van der Waals surface area (Å²) in [5, 5.41) is 16.0. The van der Waals surface area contributed by atoms with Gasteiger partial charge in [-0.25, -0.2) is 19.7 Å². The number of amides is 3. The molecular weight excluding hydrogens is 576 g/mol. The van der Waals surface area contributed by atoms with Crippen molar-refractivity contribution in [2.45, 2.75) is 19.4 Å².